The number of methoxy groups -OCH3 is 2. The summed E-state index contributed by atoms with van der Waals surface area (Å²) < 4.78 is 44.4. The van der Waals surface area contributed by atoms with Gasteiger partial charge in [0.15, 0.2) is 0 Å². The number of nitrogens with one attached hydrogen (secondary N) is 1. The van der Waals surface area contributed by atoms with Crippen molar-refractivity contribution in [1.29, 1.82) is 0 Å². The predicted octanol–water partition coefficient (Wildman–Crippen LogP) is 3.84. The number of allylic oxidation sites excluding steroid dienone is 1. The molecule has 0 fully saturated rings. The van der Waals surface area contributed by atoms with Crippen LogP contribution < -0.4 is 14.2 Å². The molecule has 0 saturated heterocycles. The molecule has 0 heterocycles. The molecular weight excluding hydrogens is 500 g/mol. The molecule has 1 aliphatic carbocycles. The molecule has 12 heteroatoms. The fourth-order valence-corrected chi connectivity index (χ4v) is 5.39. The van der Waals surface area contributed by atoms with Gasteiger partial charge < -0.3 is 14.2 Å². The molecule has 0 spiro atoms. The summed E-state index contributed by atoms with van der Waals surface area (Å²) in [6.45, 7) is 1.87. The summed E-state index contributed by atoms with van der Waals surface area (Å²) in [6, 6.07) is 7.68. The summed E-state index contributed by atoms with van der Waals surface area (Å²) in [5, 5.41) is 11.0. The van der Waals surface area contributed by atoms with Gasteiger partial charge in [0.25, 0.3) is 5.69 Å². The lowest BCUT2D eigenvalue weighted by Gasteiger charge is -2.24. The Kier molecular flexibility index (Phi) is 8.36. The average Bonchev–Trinajstić information content (AvgIpc) is 3.26. The second-order valence-electron chi connectivity index (χ2n) is 7.72. The summed E-state index contributed by atoms with van der Waals surface area (Å²) in [6.07, 6.45) is 3.64. The zero-order valence-corrected chi connectivity index (χ0v) is 20.8. The van der Waals surface area contributed by atoms with E-state index in [1.165, 1.54) is 20.3 Å². The number of nitro benzene ring substituents is 1. The Bertz CT molecular complexity index is 1250. The van der Waals surface area contributed by atoms with Crippen LogP contribution in [0.5, 0.6) is 11.5 Å². The average molecular weight is 525 g/mol. The van der Waals surface area contributed by atoms with E-state index >= 15 is 0 Å². The van der Waals surface area contributed by atoms with Gasteiger partial charge in [-0.05, 0) is 49.6 Å². The number of nitrogens with zero attached hydrogens (tertiary/aromatic N) is 1. The van der Waals surface area contributed by atoms with E-state index < -0.39 is 44.5 Å². The van der Waals surface area contributed by atoms with E-state index in [4.69, 9.17) is 25.8 Å². The van der Waals surface area contributed by atoms with E-state index in [2.05, 4.69) is 4.72 Å². The lowest BCUT2D eigenvalue weighted by Crippen LogP contribution is -2.34. The van der Waals surface area contributed by atoms with Crippen LogP contribution >= 0.6 is 11.6 Å². The van der Waals surface area contributed by atoms with Gasteiger partial charge in [-0.15, -0.1) is 0 Å². The molecule has 0 saturated carbocycles. The van der Waals surface area contributed by atoms with Crippen molar-refractivity contribution in [1.82, 2.24) is 4.72 Å². The number of carbonyl (C=O) groups excluding carboxylic acids is 1. The van der Waals surface area contributed by atoms with E-state index in [9.17, 15) is 23.3 Å². The first-order chi connectivity index (χ1) is 16.6. The van der Waals surface area contributed by atoms with Crippen molar-refractivity contribution in [2.45, 2.75) is 30.2 Å². The van der Waals surface area contributed by atoms with Gasteiger partial charge in [0, 0.05) is 17.7 Å². The zero-order chi connectivity index (χ0) is 25.8. The van der Waals surface area contributed by atoms with Crippen LogP contribution in [0.25, 0.3) is 0 Å². The van der Waals surface area contributed by atoms with Gasteiger partial charge in [0.05, 0.1) is 36.6 Å². The number of benzene rings is 2. The van der Waals surface area contributed by atoms with Gasteiger partial charge in [-0.2, -0.15) is 0 Å². The normalized spacial score (nSPS) is 18.2. The third kappa shape index (κ3) is 5.92. The molecular formula is C23H25ClN2O8S. The Hall–Kier alpha value is -3.15. The van der Waals surface area contributed by atoms with E-state index in [1.807, 2.05) is 0 Å². The number of ether oxygens (including phenoxy) is 3. The highest BCUT2D eigenvalue weighted by Gasteiger charge is 2.37. The smallest absolute Gasteiger partial charge is 0.314 e. The summed E-state index contributed by atoms with van der Waals surface area (Å²) >= 11 is 5.79. The van der Waals surface area contributed by atoms with Gasteiger partial charge in [-0.1, -0.05) is 23.8 Å². The minimum absolute atomic E-state index is 0.167. The fraction of sp³-hybridized carbons (Fsp3) is 0.348. The Morgan fingerprint density at radius 1 is 1.20 bits per heavy atom. The molecule has 10 nitrogen and oxygen atoms in total. The van der Waals surface area contributed by atoms with E-state index in [-0.39, 0.29) is 22.9 Å². The summed E-state index contributed by atoms with van der Waals surface area (Å²) in [4.78, 5) is 23.1. The number of carbonyl (C=O) groups is 1. The Balaban J connectivity index is 1.87. The first kappa shape index (κ1) is 26.5. The summed E-state index contributed by atoms with van der Waals surface area (Å²) in [5.74, 6) is -0.677. The second kappa shape index (κ2) is 11.1. The van der Waals surface area contributed by atoms with E-state index in [0.717, 1.165) is 12.1 Å². The van der Waals surface area contributed by atoms with Gasteiger partial charge in [0.1, 0.15) is 16.5 Å². The molecule has 0 aromatic heterocycles. The number of nitro groups is 1. The van der Waals surface area contributed by atoms with Crippen molar-refractivity contribution < 1.29 is 32.3 Å². The maximum Gasteiger partial charge on any atom is 0.314 e. The van der Waals surface area contributed by atoms with Crippen LogP contribution in [0.4, 0.5) is 5.69 Å². The molecule has 2 aromatic rings. The largest absolute Gasteiger partial charge is 0.497 e. The Labute approximate surface area is 208 Å². The van der Waals surface area contributed by atoms with Crippen molar-refractivity contribution >= 4 is 33.3 Å². The van der Waals surface area contributed by atoms with Crippen LogP contribution in [0, 0.1) is 16.0 Å². The van der Waals surface area contributed by atoms with Crippen LogP contribution in [-0.2, 0) is 19.6 Å². The lowest BCUT2D eigenvalue weighted by molar-refractivity contribution is -0.384. The van der Waals surface area contributed by atoms with Crippen molar-refractivity contribution in [2.24, 2.45) is 5.92 Å². The Morgan fingerprint density at radius 3 is 2.57 bits per heavy atom. The summed E-state index contributed by atoms with van der Waals surface area (Å²) in [5.41, 5.74) is 0.0404. The van der Waals surface area contributed by atoms with E-state index in [1.54, 1.807) is 37.3 Å². The molecule has 0 radical (unpaired) electrons. The highest BCUT2D eigenvalue weighted by molar-refractivity contribution is 7.89. The number of sulfonamides is 1. The number of esters is 1. The van der Waals surface area contributed by atoms with Crippen LogP contribution in [0.2, 0.25) is 5.02 Å². The number of hydrogen-bond acceptors (Lipinski definition) is 8. The first-order valence-corrected chi connectivity index (χ1v) is 12.5. The minimum Gasteiger partial charge on any atom is -0.497 e. The zero-order valence-electron chi connectivity index (χ0n) is 19.3. The number of halogens is 1. The highest BCUT2D eigenvalue weighted by Crippen LogP contribution is 2.40. The molecule has 2 aromatic carbocycles. The minimum atomic E-state index is -4.11. The standard InChI is InChI=1S/C23H25ClN2O8S/c1-4-34-23(27)22(18-12-16(32-2)7-10-21(18)33-3)14-5-6-15(11-14)25-35(30,31)17-8-9-19(24)20(13-17)26(28)29/h5-10,12-15,22,25H,4,11H2,1-3H3/t14-,15-,22-/m0/s1. The van der Waals surface area contributed by atoms with Crippen molar-refractivity contribution in [3.8, 4) is 11.5 Å². The highest BCUT2D eigenvalue weighted by atomic mass is 35.5. The van der Waals surface area contributed by atoms with Crippen LogP contribution in [0.15, 0.2) is 53.4 Å². The molecule has 3 rings (SSSR count). The molecule has 3 atom stereocenters. The number of rotatable bonds is 10. The van der Waals surface area contributed by atoms with E-state index in [0.29, 0.717) is 17.1 Å². The maximum absolute atomic E-state index is 13.0. The van der Waals surface area contributed by atoms with Gasteiger partial charge in [-0.25, -0.2) is 13.1 Å². The second-order valence-corrected chi connectivity index (χ2v) is 9.84. The molecule has 0 amide bonds. The van der Waals surface area contributed by atoms with Gasteiger partial charge in [0.2, 0.25) is 10.0 Å². The van der Waals surface area contributed by atoms with Crippen molar-refractivity contribution in [2.75, 3.05) is 20.8 Å². The third-order valence-electron chi connectivity index (χ3n) is 5.59. The van der Waals surface area contributed by atoms with Crippen LogP contribution in [0.1, 0.15) is 24.8 Å². The molecule has 188 valence electrons. The lowest BCUT2D eigenvalue weighted by atomic mass is 9.84. The summed E-state index contributed by atoms with van der Waals surface area (Å²) in [7, 11) is -1.12. The van der Waals surface area contributed by atoms with Crippen LogP contribution in [0.3, 0.4) is 0 Å². The topological polar surface area (TPSA) is 134 Å². The molecule has 0 unspecified atom stereocenters. The van der Waals surface area contributed by atoms with Crippen LogP contribution in [-0.4, -0.2) is 46.2 Å². The first-order valence-electron chi connectivity index (χ1n) is 10.6. The molecule has 35 heavy (non-hydrogen) atoms. The molecule has 1 N–H and O–H groups in total. The molecule has 0 bridgehead atoms. The molecule has 0 aliphatic heterocycles. The predicted molar refractivity (Wildman–Crippen MR) is 128 cm³/mol. The van der Waals surface area contributed by atoms with Gasteiger partial charge in [-0.3, -0.25) is 14.9 Å². The number of hydrogen-bond donors (Lipinski definition) is 1. The molecule has 1 aliphatic rings. The Morgan fingerprint density at radius 2 is 1.94 bits per heavy atom. The maximum atomic E-state index is 13.0. The van der Waals surface area contributed by atoms with Crippen molar-refractivity contribution in [3.05, 3.63) is 69.3 Å². The van der Waals surface area contributed by atoms with Crippen molar-refractivity contribution in [3.63, 3.8) is 0 Å². The SMILES string of the molecule is CCOC(=O)[C@H](c1cc(OC)ccc1OC)[C@H]1C=C[C@H](NS(=O)(=O)c2ccc(Cl)c([N+](=O)[O-])c2)C1. The monoisotopic (exact) mass is 524 g/mol. The fourth-order valence-electron chi connectivity index (χ4n) is 3.98. The quantitative estimate of drug-likeness (QED) is 0.214. The third-order valence-corrected chi connectivity index (χ3v) is 7.40. The van der Waals surface area contributed by atoms with Gasteiger partial charge >= 0.3 is 5.97 Å².